The predicted molar refractivity (Wildman–Crippen MR) is 94.2 cm³/mol. The van der Waals surface area contributed by atoms with Crippen LogP contribution in [0.1, 0.15) is 16.8 Å². The van der Waals surface area contributed by atoms with Gasteiger partial charge in [0.25, 0.3) is 0 Å². The molecular formula is C19H15FN5O. The second-order valence-corrected chi connectivity index (χ2v) is 5.82. The molecule has 0 bridgehead atoms. The van der Waals surface area contributed by atoms with E-state index in [-0.39, 0.29) is 0 Å². The van der Waals surface area contributed by atoms with Crippen molar-refractivity contribution in [3.05, 3.63) is 65.6 Å². The molecule has 0 fully saturated rings. The number of ether oxygens (including phenoxy) is 1. The summed E-state index contributed by atoms with van der Waals surface area (Å²) in [6, 6.07) is 10.0. The molecule has 0 saturated heterocycles. The number of aryl methyl sites for hydroxylation is 1. The minimum absolute atomic E-state index is 0.341. The average Bonchev–Trinajstić information content (AvgIpc) is 3.06. The molecule has 0 unspecified atom stereocenters. The topological polar surface area (TPSA) is 76.6 Å². The first kappa shape index (κ1) is 16.1. The SMILES string of the molecule is COc1ncnc2[nH]cc(Cc3ccc(-c4[c]ccc(C)n4)nc3F)c12. The zero-order valence-electron chi connectivity index (χ0n) is 14.2. The van der Waals surface area contributed by atoms with Gasteiger partial charge in [-0.1, -0.05) is 12.1 Å². The summed E-state index contributed by atoms with van der Waals surface area (Å²) >= 11 is 0. The minimum Gasteiger partial charge on any atom is -0.480 e. The first-order chi connectivity index (χ1) is 12.7. The van der Waals surface area contributed by atoms with Gasteiger partial charge in [-0.2, -0.15) is 4.39 Å². The van der Waals surface area contributed by atoms with Gasteiger partial charge < -0.3 is 9.72 Å². The van der Waals surface area contributed by atoms with E-state index >= 15 is 0 Å². The Morgan fingerprint density at radius 3 is 2.81 bits per heavy atom. The van der Waals surface area contributed by atoms with E-state index in [0.29, 0.717) is 34.9 Å². The van der Waals surface area contributed by atoms with Crippen molar-refractivity contribution in [2.75, 3.05) is 7.11 Å². The van der Waals surface area contributed by atoms with Crippen molar-refractivity contribution in [2.45, 2.75) is 13.3 Å². The third-order valence-electron chi connectivity index (χ3n) is 4.09. The van der Waals surface area contributed by atoms with Crippen molar-refractivity contribution in [1.82, 2.24) is 24.9 Å². The molecule has 0 aromatic carbocycles. The zero-order valence-corrected chi connectivity index (χ0v) is 14.2. The van der Waals surface area contributed by atoms with E-state index in [1.807, 2.05) is 13.0 Å². The standard InChI is InChI=1S/C19H15FN5O/c1-11-4-3-5-14(24-11)15-7-6-12(17(20)25-15)8-13-9-21-18-16(13)19(26-2)23-10-22-18/h3-4,6-7,9-10H,8H2,1-2H3,(H,21,22,23). The lowest BCUT2D eigenvalue weighted by Gasteiger charge is -2.06. The van der Waals surface area contributed by atoms with E-state index in [0.717, 1.165) is 16.6 Å². The molecule has 0 aliphatic carbocycles. The number of H-pyrrole nitrogens is 1. The van der Waals surface area contributed by atoms with E-state index in [2.05, 4.69) is 31.0 Å². The average molecular weight is 348 g/mol. The van der Waals surface area contributed by atoms with E-state index in [9.17, 15) is 4.39 Å². The number of aromatic nitrogens is 5. The number of methoxy groups -OCH3 is 1. The van der Waals surface area contributed by atoms with E-state index in [1.165, 1.54) is 6.33 Å². The molecule has 0 amide bonds. The van der Waals surface area contributed by atoms with Crippen LogP contribution in [0.5, 0.6) is 5.88 Å². The van der Waals surface area contributed by atoms with Crippen molar-refractivity contribution in [3.63, 3.8) is 0 Å². The van der Waals surface area contributed by atoms with Crippen LogP contribution in [-0.2, 0) is 6.42 Å². The molecule has 26 heavy (non-hydrogen) atoms. The summed E-state index contributed by atoms with van der Waals surface area (Å²) in [7, 11) is 1.54. The van der Waals surface area contributed by atoms with Gasteiger partial charge in [0.1, 0.15) is 12.0 Å². The summed E-state index contributed by atoms with van der Waals surface area (Å²) < 4.78 is 19.9. The van der Waals surface area contributed by atoms with Gasteiger partial charge in [0.05, 0.1) is 23.9 Å². The van der Waals surface area contributed by atoms with Crippen LogP contribution >= 0.6 is 0 Å². The molecule has 4 rings (SSSR count). The van der Waals surface area contributed by atoms with Gasteiger partial charge in [0.15, 0.2) is 0 Å². The minimum atomic E-state index is -0.538. The van der Waals surface area contributed by atoms with Crippen molar-refractivity contribution in [3.8, 4) is 17.3 Å². The van der Waals surface area contributed by atoms with Crippen LogP contribution < -0.4 is 4.74 Å². The van der Waals surface area contributed by atoms with Crippen LogP contribution in [0.2, 0.25) is 0 Å². The number of hydrogen-bond acceptors (Lipinski definition) is 5. The molecule has 4 heterocycles. The van der Waals surface area contributed by atoms with Crippen molar-refractivity contribution < 1.29 is 9.13 Å². The van der Waals surface area contributed by atoms with Gasteiger partial charge in [0, 0.05) is 29.9 Å². The van der Waals surface area contributed by atoms with Gasteiger partial charge in [-0.05, 0) is 24.6 Å². The molecular weight excluding hydrogens is 333 g/mol. The summed E-state index contributed by atoms with van der Waals surface area (Å²) in [5.41, 5.74) is 3.76. The molecule has 4 aromatic heterocycles. The number of aromatic amines is 1. The Kier molecular flexibility index (Phi) is 4.04. The number of pyridine rings is 2. The summed E-state index contributed by atoms with van der Waals surface area (Å²) in [5, 5.41) is 0.743. The Hall–Kier alpha value is -3.35. The van der Waals surface area contributed by atoms with Crippen molar-refractivity contribution >= 4 is 11.0 Å². The Morgan fingerprint density at radius 2 is 2.04 bits per heavy atom. The van der Waals surface area contributed by atoms with Gasteiger partial charge in [-0.3, -0.25) is 4.98 Å². The van der Waals surface area contributed by atoms with Gasteiger partial charge >= 0.3 is 0 Å². The van der Waals surface area contributed by atoms with E-state index in [1.54, 1.807) is 31.5 Å². The van der Waals surface area contributed by atoms with E-state index in [4.69, 9.17) is 4.74 Å². The Morgan fingerprint density at radius 1 is 1.15 bits per heavy atom. The smallest absolute Gasteiger partial charge is 0.226 e. The molecule has 0 atom stereocenters. The van der Waals surface area contributed by atoms with Crippen LogP contribution in [0.15, 0.2) is 36.8 Å². The van der Waals surface area contributed by atoms with Crippen LogP contribution in [-0.4, -0.2) is 32.0 Å². The maximum Gasteiger partial charge on any atom is 0.226 e. The normalized spacial score (nSPS) is 11.0. The number of nitrogens with one attached hydrogen (secondary N) is 1. The maximum atomic E-state index is 14.6. The van der Waals surface area contributed by atoms with Gasteiger partial charge in [-0.25, -0.2) is 15.0 Å². The number of rotatable bonds is 4. The first-order valence-electron chi connectivity index (χ1n) is 8.02. The number of halogens is 1. The molecule has 7 heteroatoms. The van der Waals surface area contributed by atoms with Gasteiger partial charge in [0.2, 0.25) is 11.8 Å². The van der Waals surface area contributed by atoms with Gasteiger partial charge in [-0.15, -0.1) is 0 Å². The second kappa shape index (κ2) is 6.51. The highest BCUT2D eigenvalue weighted by atomic mass is 19.1. The second-order valence-electron chi connectivity index (χ2n) is 5.82. The highest BCUT2D eigenvalue weighted by Crippen LogP contribution is 2.27. The molecule has 4 aromatic rings. The summed E-state index contributed by atoms with van der Waals surface area (Å²) in [6.45, 7) is 1.87. The molecule has 6 nitrogen and oxygen atoms in total. The third-order valence-corrected chi connectivity index (χ3v) is 4.09. The monoisotopic (exact) mass is 348 g/mol. The third kappa shape index (κ3) is 2.88. The molecule has 0 spiro atoms. The van der Waals surface area contributed by atoms with Crippen LogP contribution in [0.25, 0.3) is 22.4 Å². The van der Waals surface area contributed by atoms with Crippen LogP contribution in [0.4, 0.5) is 4.39 Å². The first-order valence-corrected chi connectivity index (χ1v) is 8.02. The lowest BCUT2D eigenvalue weighted by molar-refractivity contribution is 0.402. The summed E-state index contributed by atoms with van der Waals surface area (Å²) in [5.74, 6) is -0.0841. The number of nitrogens with zero attached hydrogens (tertiary/aromatic N) is 4. The van der Waals surface area contributed by atoms with Crippen molar-refractivity contribution in [2.24, 2.45) is 0 Å². The lowest BCUT2D eigenvalue weighted by Crippen LogP contribution is -1.99. The Labute approximate surface area is 149 Å². The molecule has 1 N–H and O–H groups in total. The van der Waals surface area contributed by atoms with Crippen molar-refractivity contribution in [1.29, 1.82) is 0 Å². The molecule has 0 saturated carbocycles. The largest absolute Gasteiger partial charge is 0.480 e. The Balaban J connectivity index is 1.70. The molecule has 129 valence electrons. The molecule has 1 radical (unpaired) electrons. The molecule has 0 aliphatic rings. The highest BCUT2D eigenvalue weighted by Gasteiger charge is 2.15. The van der Waals surface area contributed by atoms with Crippen LogP contribution in [0, 0.1) is 18.9 Å². The fourth-order valence-electron chi connectivity index (χ4n) is 2.84. The summed E-state index contributed by atoms with van der Waals surface area (Å²) in [6.07, 6.45) is 3.54. The number of hydrogen-bond donors (Lipinski definition) is 1. The molecule has 0 aliphatic heterocycles. The quantitative estimate of drug-likeness (QED) is 0.573. The van der Waals surface area contributed by atoms with E-state index < -0.39 is 5.95 Å². The highest BCUT2D eigenvalue weighted by molar-refractivity contribution is 5.85. The zero-order chi connectivity index (χ0) is 18.1. The number of fused-ring (bicyclic) bond motifs is 1. The fourth-order valence-corrected chi connectivity index (χ4v) is 2.84. The summed E-state index contributed by atoms with van der Waals surface area (Å²) in [4.78, 5) is 19.7. The lowest BCUT2D eigenvalue weighted by atomic mass is 10.1. The fraction of sp³-hybridized carbons (Fsp3) is 0.158. The van der Waals surface area contributed by atoms with Crippen LogP contribution in [0.3, 0.4) is 0 Å². The Bertz CT molecular complexity index is 1090. The maximum absolute atomic E-state index is 14.6. The predicted octanol–water partition coefficient (Wildman–Crippen LogP) is 3.26.